The highest BCUT2D eigenvalue weighted by Crippen LogP contribution is 2.52. The van der Waals surface area contributed by atoms with Gasteiger partial charge in [0.05, 0.1) is 70.8 Å². The van der Waals surface area contributed by atoms with Gasteiger partial charge >= 0.3 is 24.7 Å². The highest BCUT2D eigenvalue weighted by molar-refractivity contribution is 6.35. The molecule has 0 aromatic heterocycles. The largest absolute Gasteiger partial charge is 0.510 e. The lowest BCUT2D eigenvalue weighted by atomic mass is 9.86. The molecule has 0 spiro atoms. The number of nitrogens with zero attached hydrogens (tertiary/aromatic N) is 5. The molecule has 4 aromatic carbocycles. The van der Waals surface area contributed by atoms with Crippen molar-refractivity contribution in [2.75, 3.05) is 39.2 Å². The van der Waals surface area contributed by atoms with Crippen LogP contribution in [0.5, 0.6) is 0 Å². The molecule has 0 saturated heterocycles. The van der Waals surface area contributed by atoms with E-state index in [0.717, 1.165) is 29.2 Å². The Hall–Kier alpha value is -7.27. The summed E-state index contributed by atoms with van der Waals surface area (Å²) in [5.41, 5.74) is -5.22. The molecule has 1 N–H and O–H groups in total. The Balaban J connectivity index is 0.000000250. The number of aryl methyl sites for hydroxylation is 2. The van der Waals surface area contributed by atoms with Crippen LogP contribution in [0.3, 0.4) is 0 Å². The average Bonchev–Trinajstić information content (AvgIpc) is 1.70. The maximum atomic E-state index is 14.4. The van der Waals surface area contributed by atoms with Gasteiger partial charge in [0.25, 0.3) is 23.0 Å². The van der Waals surface area contributed by atoms with Gasteiger partial charge < -0.3 is 53.1 Å². The van der Waals surface area contributed by atoms with Crippen molar-refractivity contribution < 1.29 is 102 Å². The third kappa shape index (κ3) is 16.3. The molecular formula is C54H51Cl5F8N6O14. The van der Waals surface area contributed by atoms with Gasteiger partial charge in [0.2, 0.25) is 24.3 Å². The van der Waals surface area contributed by atoms with Crippen LogP contribution in [0.25, 0.3) is 0 Å². The Kier molecular flexibility index (Phi) is 23.4. The van der Waals surface area contributed by atoms with Crippen LogP contribution in [-0.4, -0.2) is 116 Å². The number of hydrogen-bond acceptors (Lipinski definition) is 18. The summed E-state index contributed by atoms with van der Waals surface area (Å²) in [7, 11) is 0. The third-order valence-corrected chi connectivity index (χ3v) is 13.9. The van der Waals surface area contributed by atoms with Crippen molar-refractivity contribution in [3.63, 3.8) is 0 Å². The molecule has 2 amide bonds. The van der Waals surface area contributed by atoms with Crippen molar-refractivity contribution in [3.05, 3.63) is 137 Å². The number of hydrogen-bond donors (Lipinski definition) is 1. The van der Waals surface area contributed by atoms with Crippen LogP contribution in [0.2, 0.25) is 20.1 Å². The van der Waals surface area contributed by atoms with Crippen LogP contribution in [-0.2, 0) is 59.0 Å². The Labute approximate surface area is 515 Å². The van der Waals surface area contributed by atoms with E-state index < -0.39 is 123 Å². The summed E-state index contributed by atoms with van der Waals surface area (Å²) >= 11 is 28.0. The van der Waals surface area contributed by atoms with Crippen molar-refractivity contribution in [3.8, 4) is 0 Å². The lowest BCUT2D eigenvalue weighted by Gasteiger charge is -2.29. The van der Waals surface area contributed by atoms with Gasteiger partial charge in [-0.15, -0.1) is 0 Å². The Morgan fingerprint density at radius 3 is 1.47 bits per heavy atom. The zero-order valence-corrected chi connectivity index (χ0v) is 50.1. The van der Waals surface area contributed by atoms with Crippen LogP contribution in [0, 0.1) is 25.5 Å². The third-order valence-electron chi connectivity index (χ3n) is 12.7. The minimum absolute atomic E-state index is 0.0205. The molecule has 4 aromatic rings. The molecule has 0 saturated carbocycles. The first-order chi connectivity index (χ1) is 41.1. The number of carbonyl (C=O) groups excluding carboxylic acids is 4. The van der Waals surface area contributed by atoms with Crippen LogP contribution >= 0.6 is 58.0 Å². The molecule has 4 aliphatic heterocycles. The van der Waals surface area contributed by atoms with E-state index in [1.54, 1.807) is 41.5 Å². The Bertz CT molecular complexity index is 3290. The molecule has 4 heterocycles. The van der Waals surface area contributed by atoms with Gasteiger partial charge in [-0.3, -0.25) is 14.5 Å². The van der Waals surface area contributed by atoms with Crippen molar-refractivity contribution in [1.82, 2.24) is 10.2 Å². The first-order valence-corrected chi connectivity index (χ1v) is 27.7. The number of halogens is 13. The number of rotatable bonds is 15. The van der Waals surface area contributed by atoms with Crippen LogP contribution in [0.1, 0.15) is 107 Å². The smallest absolute Gasteiger partial charge is 0.479 e. The predicted octanol–water partition coefficient (Wildman–Crippen LogP) is 13.9. The van der Waals surface area contributed by atoms with Crippen LogP contribution in [0.15, 0.2) is 81.3 Å². The number of alkyl halides is 7. The number of benzene rings is 4. The van der Waals surface area contributed by atoms with E-state index in [2.05, 4.69) is 35.4 Å². The first-order valence-electron chi connectivity index (χ1n) is 25.7. The lowest BCUT2D eigenvalue weighted by molar-refractivity contribution is -0.276. The highest BCUT2D eigenvalue weighted by Gasteiger charge is 2.64. The zero-order valence-electron chi connectivity index (χ0n) is 46.4. The topological polar surface area (TPSA) is 225 Å². The normalized spacial score (nSPS) is 19.3. The Morgan fingerprint density at radius 2 is 1.05 bits per heavy atom. The predicted molar refractivity (Wildman–Crippen MR) is 298 cm³/mol. The SMILES string of the molecule is CCOC(=O)OCCl.CCOC(=O)OCN(C(=O)c1ccc(C2=NO[C@@](c3cc(Cl)c(F)c(Cl)c3)(C(F)(F)F)C2)cc1C)C1CC(OCC)=NO1.CCOC1=NOC(NC(=O)c2ccc(C3=NO[C@@](c4cc(Cl)c(F)c(Cl)c4)(C(F)(F)F)C3)cc2C)C1. The quantitative estimate of drug-likeness (QED) is 0.0384. The molecule has 8 rings (SSSR count). The fourth-order valence-corrected chi connectivity index (χ4v) is 9.52. The summed E-state index contributed by atoms with van der Waals surface area (Å²) in [4.78, 5) is 69.7. The highest BCUT2D eigenvalue weighted by atomic mass is 35.5. The summed E-state index contributed by atoms with van der Waals surface area (Å²) in [6.07, 6.45) is -14.5. The van der Waals surface area contributed by atoms with Crippen molar-refractivity contribution >= 4 is 105 Å². The molecule has 0 bridgehead atoms. The molecule has 87 heavy (non-hydrogen) atoms. The van der Waals surface area contributed by atoms with Crippen molar-refractivity contribution in [2.24, 2.45) is 20.6 Å². The van der Waals surface area contributed by atoms with E-state index >= 15 is 0 Å². The van der Waals surface area contributed by atoms with Crippen molar-refractivity contribution in [2.45, 2.75) is 103 Å². The maximum Gasteiger partial charge on any atom is 0.510 e. The van der Waals surface area contributed by atoms with Gasteiger partial charge in [-0.2, -0.15) is 26.3 Å². The molecule has 0 fully saturated rings. The summed E-state index contributed by atoms with van der Waals surface area (Å²) in [6, 6.07) is 11.7. The van der Waals surface area contributed by atoms with Gasteiger partial charge in [0, 0.05) is 35.1 Å². The fourth-order valence-electron chi connectivity index (χ4n) is 8.46. The van der Waals surface area contributed by atoms with E-state index in [4.69, 9.17) is 96.3 Å². The molecule has 4 aliphatic rings. The number of ether oxygens (including phenoxy) is 6. The van der Waals surface area contributed by atoms with Gasteiger partial charge in [-0.25, -0.2) is 18.4 Å². The molecule has 0 aliphatic carbocycles. The second-order valence-electron chi connectivity index (χ2n) is 18.4. The second-order valence-corrected chi connectivity index (χ2v) is 20.2. The average molecular weight is 1340 g/mol. The maximum absolute atomic E-state index is 14.4. The molecular weight excluding hydrogens is 1290 g/mol. The minimum atomic E-state index is -4.99. The van der Waals surface area contributed by atoms with E-state index in [1.165, 1.54) is 36.4 Å². The van der Waals surface area contributed by atoms with Gasteiger partial charge in [0.1, 0.15) is 0 Å². The van der Waals surface area contributed by atoms with E-state index in [-0.39, 0.29) is 59.5 Å². The Morgan fingerprint density at radius 1 is 0.609 bits per heavy atom. The summed E-state index contributed by atoms with van der Waals surface area (Å²) in [5, 5.41) is 15.2. The summed E-state index contributed by atoms with van der Waals surface area (Å²) in [6.45, 7) is 10.5. The van der Waals surface area contributed by atoms with E-state index in [0.29, 0.717) is 42.4 Å². The van der Waals surface area contributed by atoms with Crippen LogP contribution < -0.4 is 5.32 Å². The zero-order chi connectivity index (χ0) is 64.2. The molecule has 2 unspecified atom stereocenters. The minimum Gasteiger partial charge on any atom is -0.479 e. The first kappa shape index (κ1) is 68.8. The lowest BCUT2D eigenvalue weighted by Crippen LogP contribution is -2.43. The second kappa shape index (κ2) is 29.6. The number of oxime groups is 4. The van der Waals surface area contributed by atoms with Gasteiger partial charge in [0.15, 0.2) is 24.4 Å². The van der Waals surface area contributed by atoms with Gasteiger partial charge in [-0.05, 0) is 123 Å². The molecule has 0 radical (unpaired) electrons. The molecule has 20 nitrogen and oxygen atoms in total. The van der Waals surface area contributed by atoms with Crippen LogP contribution in [0.4, 0.5) is 44.7 Å². The monoisotopic (exact) mass is 1330 g/mol. The number of carbonyl (C=O) groups is 4. The summed E-state index contributed by atoms with van der Waals surface area (Å²) in [5.74, 6) is -2.58. The standard InChI is InChI=1S/C27H25Cl2F4N3O7.C23H19Cl2F4N3O4.C4H7ClO3/c1-4-39-21-11-22(42-35-21)36(13-41-25(38)40-5-2)24(37)17-7-6-15(8-14(17)3)20-12-26(43-34-20,27(31,32)33)16-9-18(28)23(30)19(29)10-16;1-3-34-19-9-18(35-32-19)30-21(33)14-5-4-12(6-11(14)2)17-10-22(36-31-17,23(27,28)29)13-7-15(24)20(26)16(25)8-13;1-2-7-4(6)8-3-5/h6-10,22H,4-5,11-13H2,1-3H3;4-8,18H,3,9-10H2,1-2H3,(H,30,33);2-3H2,1H3/t22?,26-;18?,22-;/m00./s1. The summed E-state index contributed by atoms with van der Waals surface area (Å²) < 4.78 is 142. The number of nitrogens with one attached hydrogen (secondary N) is 1. The fraction of sp³-hybridized carbons (Fsp3) is 0.407. The molecule has 33 heteroatoms. The van der Waals surface area contributed by atoms with Crippen molar-refractivity contribution in [1.29, 1.82) is 0 Å². The van der Waals surface area contributed by atoms with Gasteiger partial charge in [-0.1, -0.05) is 80.4 Å². The number of amides is 2. The molecule has 4 atom stereocenters. The van der Waals surface area contributed by atoms with E-state index in [1.807, 2.05) is 0 Å². The van der Waals surface area contributed by atoms with E-state index in [9.17, 15) is 54.3 Å². The molecule has 472 valence electrons.